The second kappa shape index (κ2) is 4.14. The lowest BCUT2D eigenvalue weighted by Crippen LogP contribution is -2.25. The molecule has 0 aliphatic heterocycles. The maximum absolute atomic E-state index is 12.5. The fourth-order valence-electron chi connectivity index (χ4n) is 3.62. The third-order valence-electron chi connectivity index (χ3n) is 4.58. The molecule has 0 unspecified atom stereocenters. The van der Waals surface area contributed by atoms with Crippen LogP contribution < -0.4 is 0 Å². The second-order valence-electron chi connectivity index (χ2n) is 5.69. The molecule has 2 nitrogen and oxygen atoms in total. The fraction of sp³-hybridized carbons (Fsp3) is 0.222. The number of carbonyl (C=O) groups excluding carboxylic acids is 2. The van der Waals surface area contributed by atoms with E-state index in [2.05, 4.69) is 12.1 Å². The number of ketones is 2. The summed E-state index contributed by atoms with van der Waals surface area (Å²) in [5, 5.41) is 0. The Balaban J connectivity index is 1.70. The Kier molecular flexibility index (Phi) is 2.40. The van der Waals surface area contributed by atoms with E-state index < -0.39 is 5.92 Å². The van der Waals surface area contributed by atoms with Gasteiger partial charge in [0.25, 0.3) is 0 Å². The minimum atomic E-state index is -0.472. The molecule has 4 rings (SSSR count). The van der Waals surface area contributed by atoms with Gasteiger partial charge in [0, 0.05) is 11.1 Å². The van der Waals surface area contributed by atoms with Gasteiger partial charge in [-0.2, -0.15) is 0 Å². The monoisotopic (exact) mass is 262 g/mol. The topological polar surface area (TPSA) is 34.1 Å². The Bertz CT molecular complexity index is 670. The van der Waals surface area contributed by atoms with Crippen LogP contribution >= 0.6 is 0 Å². The largest absolute Gasteiger partial charge is 0.293 e. The van der Waals surface area contributed by atoms with Gasteiger partial charge in [0.1, 0.15) is 0 Å². The van der Waals surface area contributed by atoms with Crippen molar-refractivity contribution in [1.82, 2.24) is 0 Å². The summed E-state index contributed by atoms with van der Waals surface area (Å²) in [6, 6.07) is 15.5. The first-order chi connectivity index (χ1) is 9.75. The van der Waals surface area contributed by atoms with Crippen LogP contribution in [0.25, 0.3) is 0 Å². The highest BCUT2D eigenvalue weighted by Gasteiger charge is 2.44. The summed E-state index contributed by atoms with van der Waals surface area (Å²) in [4.78, 5) is 25.0. The molecule has 0 radical (unpaired) electrons. The van der Waals surface area contributed by atoms with E-state index in [1.807, 2.05) is 24.3 Å². The predicted molar refractivity (Wildman–Crippen MR) is 75.9 cm³/mol. The average Bonchev–Trinajstić information content (AvgIpc) is 3.00. The number of carbonyl (C=O) groups is 2. The van der Waals surface area contributed by atoms with Crippen LogP contribution in [0.2, 0.25) is 0 Å². The minimum absolute atomic E-state index is 0.0170. The van der Waals surface area contributed by atoms with Gasteiger partial charge in [-0.1, -0.05) is 48.5 Å². The van der Waals surface area contributed by atoms with Gasteiger partial charge in [-0.15, -0.1) is 0 Å². The highest BCUT2D eigenvalue weighted by molar-refractivity contribution is 6.26. The zero-order chi connectivity index (χ0) is 13.7. The Hall–Kier alpha value is -2.22. The molecule has 0 amide bonds. The van der Waals surface area contributed by atoms with E-state index in [-0.39, 0.29) is 17.5 Å². The fourth-order valence-corrected chi connectivity index (χ4v) is 3.62. The molecule has 0 fully saturated rings. The summed E-state index contributed by atoms with van der Waals surface area (Å²) in [6.45, 7) is 0. The van der Waals surface area contributed by atoms with Crippen LogP contribution in [0.5, 0.6) is 0 Å². The van der Waals surface area contributed by atoms with Gasteiger partial charge in [-0.25, -0.2) is 0 Å². The Labute approximate surface area is 117 Å². The molecule has 2 aliphatic carbocycles. The van der Waals surface area contributed by atoms with E-state index in [4.69, 9.17) is 0 Å². The van der Waals surface area contributed by atoms with Crippen LogP contribution in [0.1, 0.15) is 31.8 Å². The van der Waals surface area contributed by atoms with E-state index in [0.717, 1.165) is 12.8 Å². The van der Waals surface area contributed by atoms with Crippen LogP contribution in [0.3, 0.4) is 0 Å². The van der Waals surface area contributed by atoms with Crippen molar-refractivity contribution in [3.8, 4) is 0 Å². The van der Waals surface area contributed by atoms with E-state index in [1.165, 1.54) is 11.1 Å². The van der Waals surface area contributed by atoms with Crippen LogP contribution in [0.15, 0.2) is 48.5 Å². The van der Waals surface area contributed by atoms with Gasteiger partial charge in [0.05, 0.1) is 5.92 Å². The number of fused-ring (bicyclic) bond motifs is 2. The standard InChI is InChI=1S/C18H14O2/c19-17-14-7-3-4-8-15(14)18(20)16(17)13-9-11-5-1-2-6-12(11)10-13/h1-8,13,16H,9-10H2. The van der Waals surface area contributed by atoms with Gasteiger partial charge in [0.2, 0.25) is 0 Å². The molecule has 0 saturated carbocycles. The average molecular weight is 262 g/mol. The summed E-state index contributed by atoms with van der Waals surface area (Å²) < 4.78 is 0. The quantitative estimate of drug-likeness (QED) is 0.740. The van der Waals surface area contributed by atoms with Crippen molar-refractivity contribution in [2.45, 2.75) is 12.8 Å². The Morgan fingerprint density at radius 1 is 0.700 bits per heavy atom. The van der Waals surface area contributed by atoms with Crippen molar-refractivity contribution in [3.05, 3.63) is 70.8 Å². The molecule has 0 heterocycles. The first-order valence-corrected chi connectivity index (χ1v) is 7.00. The maximum atomic E-state index is 12.5. The summed E-state index contributed by atoms with van der Waals surface area (Å²) in [7, 11) is 0. The van der Waals surface area contributed by atoms with E-state index in [0.29, 0.717) is 11.1 Å². The lowest BCUT2D eigenvalue weighted by Gasteiger charge is -2.14. The molecule has 2 aromatic rings. The lowest BCUT2D eigenvalue weighted by atomic mass is 9.86. The molecule has 0 aromatic heterocycles. The van der Waals surface area contributed by atoms with Crippen LogP contribution in [-0.2, 0) is 12.8 Å². The van der Waals surface area contributed by atoms with E-state index in [9.17, 15) is 9.59 Å². The van der Waals surface area contributed by atoms with Crippen molar-refractivity contribution in [2.75, 3.05) is 0 Å². The summed E-state index contributed by atoms with van der Waals surface area (Å²) >= 11 is 0. The normalized spacial score (nSPS) is 18.4. The van der Waals surface area contributed by atoms with Gasteiger partial charge < -0.3 is 0 Å². The Morgan fingerprint density at radius 2 is 1.15 bits per heavy atom. The van der Waals surface area contributed by atoms with Gasteiger partial charge >= 0.3 is 0 Å². The minimum Gasteiger partial charge on any atom is -0.293 e. The first kappa shape index (κ1) is 11.6. The number of Topliss-reactive ketones (excluding diaryl/α,β-unsaturated/α-hetero) is 2. The molecule has 0 atom stereocenters. The summed E-state index contributed by atoms with van der Waals surface area (Å²) in [5.41, 5.74) is 3.79. The molecule has 2 heteroatoms. The molecule has 2 aliphatic rings. The van der Waals surface area contributed by atoms with Crippen molar-refractivity contribution < 1.29 is 9.59 Å². The zero-order valence-corrected chi connectivity index (χ0v) is 11.0. The molecule has 0 N–H and O–H groups in total. The number of hydrogen-bond donors (Lipinski definition) is 0. The van der Waals surface area contributed by atoms with E-state index in [1.54, 1.807) is 12.1 Å². The van der Waals surface area contributed by atoms with Crippen LogP contribution in [0, 0.1) is 11.8 Å². The molecular weight excluding hydrogens is 248 g/mol. The van der Waals surface area contributed by atoms with Gasteiger partial charge in [0.15, 0.2) is 11.6 Å². The third-order valence-corrected chi connectivity index (χ3v) is 4.58. The lowest BCUT2D eigenvalue weighted by molar-refractivity contribution is 0.0787. The zero-order valence-electron chi connectivity index (χ0n) is 11.0. The Morgan fingerprint density at radius 3 is 1.65 bits per heavy atom. The van der Waals surface area contributed by atoms with Crippen molar-refractivity contribution in [1.29, 1.82) is 0 Å². The summed E-state index contributed by atoms with van der Waals surface area (Å²) in [6.07, 6.45) is 1.68. The van der Waals surface area contributed by atoms with Gasteiger partial charge in [-0.3, -0.25) is 9.59 Å². The molecule has 2 aromatic carbocycles. The molecule has 0 bridgehead atoms. The summed E-state index contributed by atoms with van der Waals surface area (Å²) in [5.74, 6) is -0.314. The van der Waals surface area contributed by atoms with Crippen molar-refractivity contribution in [3.63, 3.8) is 0 Å². The molecule has 98 valence electrons. The van der Waals surface area contributed by atoms with Gasteiger partial charge in [-0.05, 0) is 29.9 Å². The molecule has 0 spiro atoms. The smallest absolute Gasteiger partial charge is 0.174 e. The highest BCUT2D eigenvalue weighted by atomic mass is 16.2. The van der Waals surface area contributed by atoms with E-state index >= 15 is 0 Å². The molecular formula is C18H14O2. The SMILES string of the molecule is O=C1c2ccccc2C(=O)C1C1Cc2ccccc2C1. The molecule has 0 saturated heterocycles. The second-order valence-corrected chi connectivity index (χ2v) is 5.69. The highest BCUT2D eigenvalue weighted by Crippen LogP contribution is 2.38. The number of hydrogen-bond acceptors (Lipinski definition) is 2. The predicted octanol–water partition coefficient (Wildman–Crippen LogP) is 3.10. The van der Waals surface area contributed by atoms with Crippen LogP contribution in [0.4, 0.5) is 0 Å². The van der Waals surface area contributed by atoms with Crippen molar-refractivity contribution >= 4 is 11.6 Å². The molecule has 20 heavy (non-hydrogen) atoms. The third kappa shape index (κ3) is 1.51. The van der Waals surface area contributed by atoms with Crippen LogP contribution in [-0.4, -0.2) is 11.6 Å². The number of rotatable bonds is 1. The maximum Gasteiger partial charge on any atom is 0.174 e. The first-order valence-electron chi connectivity index (χ1n) is 7.00. The number of benzene rings is 2. The van der Waals surface area contributed by atoms with Crippen molar-refractivity contribution in [2.24, 2.45) is 11.8 Å².